The van der Waals surface area contributed by atoms with Gasteiger partial charge in [-0.05, 0) is 64.1 Å². The maximum Gasteiger partial charge on any atom is 0.243 e. The predicted octanol–water partition coefficient (Wildman–Crippen LogP) is 4.36. The second kappa shape index (κ2) is 7.82. The third-order valence-corrected chi connectivity index (χ3v) is 4.70. The molecule has 142 valence electrons. The van der Waals surface area contributed by atoms with Crippen molar-refractivity contribution in [2.24, 2.45) is 0 Å². The minimum absolute atomic E-state index is 0.0953. The number of carbonyl (C=O) groups is 1. The Kier molecular flexibility index (Phi) is 5.49. The van der Waals surface area contributed by atoms with Gasteiger partial charge in [0, 0.05) is 17.6 Å². The molecule has 0 bridgehead atoms. The van der Waals surface area contributed by atoms with Crippen molar-refractivity contribution in [2.75, 3.05) is 7.11 Å². The van der Waals surface area contributed by atoms with Crippen LogP contribution in [0.1, 0.15) is 27.7 Å². The van der Waals surface area contributed by atoms with Crippen LogP contribution in [0.4, 0.5) is 0 Å². The Morgan fingerprint density at radius 1 is 1.04 bits per heavy atom. The molecule has 1 heterocycles. The maximum absolute atomic E-state index is 13.1. The fourth-order valence-corrected chi connectivity index (χ4v) is 3.59. The first-order valence-electron chi connectivity index (χ1n) is 9.33. The molecule has 27 heavy (non-hydrogen) atoms. The van der Waals surface area contributed by atoms with Crippen molar-refractivity contribution in [3.05, 3.63) is 48.5 Å². The van der Waals surface area contributed by atoms with E-state index in [2.05, 4.69) is 0 Å². The Bertz CT molecular complexity index is 918. The summed E-state index contributed by atoms with van der Waals surface area (Å²) in [6, 6.07) is 16.0. The van der Waals surface area contributed by atoms with Crippen LogP contribution in [0.5, 0.6) is 5.75 Å². The molecule has 5 heteroatoms. The van der Waals surface area contributed by atoms with Crippen molar-refractivity contribution < 1.29 is 9.53 Å². The van der Waals surface area contributed by atoms with E-state index in [0.717, 1.165) is 28.2 Å². The number of rotatable bonds is 6. The molecule has 2 aromatic carbocycles. The summed E-state index contributed by atoms with van der Waals surface area (Å²) in [5.74, 6) is 1.68. The summed E-state index contributed by atoms with van der Waals surface area (Å²) in [6.07, 6.45) is 0. The van der Waals surface area contributed by atoms with Crippen LogP contribution in [0.2, 0.25) is 0 Å². The smallest absolute Gasteiger partial charge is 0.243 e. The molecular formula is C22H27N3O2. The summed E-state index contributed by atoms with van der Waals surface area (Å²) in [7, 11) is 1.65. The summed E-state index contributed by atoms with van der Waals surface area (Å²) in [5, 5.41) is 0. The van der Waals surface area contributed by atoms with Gasteiger partial charge in [0.1, 0.15) is 18.1 Å². The Morgan fingerprint density at radius 3 is 2.26 bits per heavy atom. The van der Waals surface area contributed by atoms with E-state index in [-0.39, 0.29) is 24.5 Å². The number of methoxy groups -OCH3 is 1. The van der Waals surface area contributed by atoms with Gasteiger partial charge in [-0.15, -0.1) is 0 Å². The number of hydrogen-bond donors (Lipinski definition) is 0. The van der Waals surface area contributed by atoms with E-state index < -0.39 is 0 Å². The van der Waals surface area contributed by atoms with Crippen LogP contribution in [0.3, 0.4) is 0 Å². The van der Waals surface area contributed by atoms with Crippen LogP contribution in [-0.2, 0) is 11.3 Å². The van der Waals surface area contributed by atoms with Crippen LogP contribution < -0.4 is 4.74 Å². The molecule has 3 aromatic rings. The van der Waals surface area contributed by atoms with Crippen molar-refractivity contribution >= 4 is 16.9 Å². The average molecular weight is 365 g/mol. The van der Waals surface area contributed by atoms with Crippen molar-refractivity contribution in [1.29, 1.82) is 0 Å². The highest BCUT2D eigenvalue weighted by Gasteiger charge is 2.23. The van der Waals surface area contributed by atoms with Gasteiger partial charge in [-0.1, -0.05) is 12.1 Å². The molecule has 1 amide bonds. The third-order valence-electron chi connectivity index (χ3n) is 4.70. The molecular weight excluding hydrogens is 338 g/mol. The zero-order valence-corrected chi connectivity index (χ0v) is 16.6. The van der Waals surface area contributed by atoms with E-state index in [4.69, 9.17) is 9.72 Å². The average Bonchev–Trinajstić information content (AvgIpc) is 2.99. The number of para-hydroxylation sites is 2. The largest absolute Gasteiger partial charge is 0.497 e. The summed E-state index contributed by atoms with van der Waals surface area (Å²) in [5.41, 5.74) is 2.81. The molecule has 0 atom stereocenters. The lowest BCUT2D eigenvalue weighted by Crippen LogP contribution is -2.43. The second-order valence-electron chi connectivity index (χ2n) is 7.23. The number of imidazole rings is 1. The van der Waals surface area contributed by atoms with Gasteiger partial charge in [-0.3, -0.25) is 4.79 Å². The highest BCUT2D eigenvalue weighted by Crippen LogP contribution is 2.27. The molecule has 0 radical (unpaired) electrons. The molecule has 1 aromatic heterocycles. The zero-order valence-electron chi connectivity index (χ0n) is 16.6. The number of amides is 1. The van der Waals surface area contributed by atoms with Crippen molar-refractivity contribution in [3.8, 4) is 17.1 Å². The van der Waals surface area contributed by atoms with Gasteiger partial charge in [-0.25, -0.2) is 4.98 Å². The van der Waals surface area contributed by atoms with Gasteiger partial charge in [0.15, 0.2) is 0 Å². The molecule has 0 spiro atoms. The number of aromatic nitrogens is 2. The summed E-state index contributed by atoms with van der Waals surface area (Å²) >= 11 is 0. The van der Waals surface area contributed by atoms with E-state index in [1.807, 2.05) is 85.7 Å². The summed E-state index contributed by atoms with van der Waals surface area (Å²) in [4.78, 5) is 19.8. The highest BCUT2D eigenvalue weighted by atomic mass is 16.5. The highest BCUT2D eigenvalue weighted by molar-refractivity contribution is 5.84. The van der Waals surface area contributed by atoms with Crippen LogP contribution in [0, 0.1) is 0 Å². The SMILES string of the molecule is COc1ccc(-c2nc3ccccc3n2CC(=O)N(C(C)C)C(C)C)cc1. The lowest BCUT2D eigenvalue weighted by Gasteiger charge is -2.31. The van der Waals surface area contributed by atoms with Crippen LogP contribution >= 0.6 is 0 Å². The first-order valence-corrected chi connectivity index (χ1v) is 9.33. The molecule has 5 nitrogen and oxygen atoms in total. The van der Waals surface area contributed by atoms with Crippen molar-refractivity contribution in [1.82, 2.24) is 14.5 Å². The number of nitrogens with zero attached hydrogens (tertiary/aromatic N) is 3. The van der Waals surface area contributed by atoms with E-state index in [1.54, 1.807) is 7.11 Å². The Hall–Kier alpha value is -2.82. The molecule has 0 N–H and O–H groups in total. The van der Waals surface area contributed by atoms with Crippen LogP contribution in [0.15, 0.2) is 48.5 Å². The maximum atomic E-state index is 13.1. The molecule has 0 unspecified atom stereocenters. The molecule has 0 aliphatic rings. The topological polar surface area (TPSA) is 47.4 Å². The van der Waals surface area contributed by atoms with Gasteiger partial charge in [0.2, 0.25) is 5.91 Å². The third kappa shape index (κ3) is 3.82. The first kappa shape index (κ1) is 19.0. The summed E-state index contributed by atoms with van der Waals surface area (Å²) < 4.78 is 7.27. The molecule has 0 aliphatic carbocycles. The minimum Gasteiger partial charge on any atom is -0.497 e. The van der Waals surface area contributed by atoms with E-state index >= 15 is 0 Å². The number of hydrogen-bond acceptors (Lipinski definition) is 3. The van der Waals surface area contributed by atoms with Gasteiger partial charge in [0.05, 0.1) is 18.1 Å². The van der Waals surface area contributed by atoms with Crippen molar-refractivity contribution in [2.45, 2.75) is 46.3 Å². The van der Waals surface area contributed by atoms with E-state index in [1.165, 1.54) is 0 Å². The van der Waals surface area contributed by atoms with Crippen molar-refractivity contribution in [3.63, 3.8) is 0 Å². The number of fused-ring (bicyclic) bond motifs is 1. The summed E-state index contributed by atoms with van der Waals surface area (Å²) in [6.45, 7) is 8.46. The first-order chi connectivity index (χ1) is 12.9. The molecule has 0 saturated heterocycles. The fraction of sp³-hybridized carbons (Fsp3) is 0.364. The Balaban J connectivity index is 2.06. The normalized spacial score (nSPS) is 11.4. The lowest BCUT2D eigenvalue weighted by atomic mass is 10.2. The number of ether oxygens (including phenoxy) is 1. The predicted molar refractivity (Wildman–Crippen MR) is 109 cm³/mol. The number of benzene rings is 2. The number of carbonyl (C=O) groups excluding carboxylic acids is 1. The molecule has 0 fully saturated rings. The molecule has 0 saturated carbocycles. The molecule has 3 rings (SSSR count). The van der Waals surface area contributed by atoms with Gasteiger partial charge < -0.3 is 14.2 Å². The quantitative estimate of drug-likeness (QED) is 0.652. The lowest BCUT2D eigenvalue weighted by molar-refractivity contribution is -0.135. The van der Waals surface area contributed by atoms with Gasteiger partial charge in [-0.2, -0.15) is 0 Å². The minimum atomic E-state index is 0.0953. The van der Waals surface area contributed by atoms with Crippen LogP contribution in [0.25, 0.3) is 22.4 Å². The Labute approximate surface area is 160 Å². The zero-order chi connectivity index (χ0) is 19.6. The standard InChI is InChI=1S/C22H27N3O2/c1-15(2)25(16(3)4)21(26)14-24-20-9-7-6-8-19(20)23-22(24)17-10-12-18(27-5)13-11-17/h6-13,15-16H,14H2,1-5H3. The Morgan fingerprint density at radius 2 is 1.67 bits per heavy atom. The van der Waals surface area contributed by atoms with Gasteiger partial charge in [0.25, 0.3) is 0 Å². The van der Waals surface area contributed by atoms with Crippen LogP contribution in [-0.4, -0.2) is 39.6 Å². The van der Waals surface area contributed by atoms with E-state index in [9.17, 15) is 4.79 Å². The monoisotopic (exact) mass is 365 g/mol. The second-order valence-corrected chi connectivity index (χ2v) is 7.23. The fourth-order valence-electron chi connectivity index (χ4n) is 3.59. The van der Waals surface area contributed by atoms with Gasteiger partial charge >= 0.3 is 0 Å². The molecule has 0 aliphatic heterocycles. The van der Waals surface area contributed by atoms with E-state index in [0.29, 0.717) is 0 Å².